The summed E-state index contributed by atoms with van der Waals surface area (Å²) in [7, 11) is 1.52. The maximum Gasteiger partial charge on any atom is 0.424 e. The van der Waals surface area contributed by atoms with Gasteiger partial charge < -0.3 is 20.9 Å². The minimum Gasteiger partial charge on any atom is -0.489 e. The first-order valence-corrected chi connectivity index (χ1v) is 10.6. The fourth-order valence-corrected chi connectivity index (χ4v) is 3.77. The molecule has 2 aromatic heterocycles. The van der Waals surface area contributed by atoms with Gasteiger partial charge in [0.2, 0.25) is 11.5 Å². The molecule has 0 saturated carbocycles. The molecular formula is C23H21F4N5O4. The standard InChI is InChI=1S/C23H21F4N5O4/c1-21(20(28)34)11-36-18-14(21)9-16(30-17(18)12-3-5-13(24)6-4-12)22(35,23(25,26)27)10-29-19(33)15-7-8-32(2)31-15/h3-9,35H,10-11H2,1-2H3,(H2,28,34)(H,29,33)/t21-,22?/m0/s1. The molecule has 2 atom stereocenters. The minimum atomic E-state index is -5.31. The predicted molar refractivity (Wildman–Crippen MR) is 117 cm³/mol. The highest BCUT2D eigenvalue weighted by atomic mass is 19.4. The molecule has 1 aliphatic heterocycles. The molecule has 1 aromatic carbocycles. The highest BCUT2D eigenvalue weighted by molar-refractivity contribution is 5.92. The lowest BCUT2D eigenvalue weighted by Crippen LogP contribution is -2.52. The smallest absolute Gasteiger partial charge is 0.424 e. The Labute approximate surface area is 201 Å². The number of aryl methyl sites for hydroxylation is 1. The molecule has 2 amide bonds. The summed E-state index contributed by atoms with van der Waals surface area (Å²) in [5, 5.41) is 16.8. The normalized spacial score (nSPS) is 18.8. The SMILES string of the molecule is Cn1ccc(C(=O)NCC(O)(c2cc3c(c(-c4ccc(F)cc4)n2)OC[C@]3(C)C(N)=O)C(F)(F)F)n1. The van der Waals surface area contributed by atoms with E-state index < -0.39 is 47.1 Å². The summed E-state index contributed by atoms with van der Waals surface area (Å²) >= 11 is 0. The van der Waals surface area contributed by atoms with Crippen molar-refractivity contribution >= 4 is 11.8 Å². The van der Waals surface area contributed by atoms with Gasteiger partial charge in [0.15, 0.2) is 0 Å². The molecule has 1 aliphatic rings. The lowest BCUT2D eigenvalue weighted by atomic mass is 9.81. The topological polar surface area (TPSA) is 132 Å². The van der Waals surface area contributed by atoms with E-state index in [0.29, 0.717) is 0 Å². The number of ether oxygens (including phenoxy) is 1. The number of halogens is 4. The Morgan fingerprint density at radius 2 is 1.92 bits per heavy atom. The van der Waals surface area contributed by atoms with Gasteiger partial charge in [-0.05, 0) is 43.3 Å². The van der Waals surface area contributed by atoms with E-state index in [-0.39, 0.29) is 34.9 Å². The minimum absolute atomic E-state index is 0.0197. The number of fused-ring (bicyclic) bond motifs is 1. The number of carbonyl (C=O) groups is 2. The first-order valence-electron chi connectivity index (χ1n) is 10.6. The molecule has 0 spiro atoms. The van der Waals surface area contributed by atoms with Crippen LogP contribution in [-0.2, 0) is 22.9 Å². The van der Waals surface area contributed by atoms with Crippen molar-refractivity contribution in [1.29, 1.82) is 0 Å². The largest absolute Gasteiger partial charge is 0.489 e. The van der Waals surface area contributed by atoms with Crippen molar-refractivity contribution in [2.45, 2.75) is 24.1 Å². The summed E-state index contributed by atoms with van der Waals surface area (Å²) in [5.41, 5.74) is -0.779. The Morgan fingerprint density at radius 1 is 1.25 bits per heavy atom. The number of benzene rings is 1. The lowest BCUT2D eigenvalue weighted by molar-refractivity contribution is -0.265. The second-order valence-corrected chi connectivity index (χ2v) is 8.64. The highest BCUT2D eigenvalue weighted by Crippen LogP contribution is 2.47. The third-order valence-corrected chi connectivity index (χ3v) is 6.08. The predicted octanol–water partition coefficient (Wildman–Crippen LogP) is 1.94. The van der Waals surface area contributed by atoms with E-state index in [2.05, 4.69) is 10.1 Å². The number of hydrogen-bond acceptors (Lipinski definition) is 6. The van der Waals surface area contributed by atoms with Crippen LogP contribution >= 0.6 is 0 Å². The van der Waals surface area contributed by atoms with Gasteiger partial charge in [0.05, 0.1) is 12.2 Å². The molecule has 0 saturated heterocycles. The van der Waals surface area contributed by atoms with Crippen molar-refractivity contribution in [2.75, 3.05) is 13.2 Å². The average molecular weight is 507 g/mol. The summed E-state index contributed by atoms with van der Waals surface area (Å²) in [5.74, 6) is -2.45. The Bertz CT molecular complexity index is 1340. The van der Waals surface area contributed by atoms with Gasteiger partial charge in [-0.2, -0.15) is 18.3 Å². The van der Waals surface area contributed by atoms with Crippen molar-refractivity contribution in [3.8, 4) is 17.0 Å². The summed E-state index contributed by atoms with van der Waals surface area (Å²) in [4.78, 5) is 28.6. The van der Waals surface area contributed by atoms with Gasteiger partial charge in [-0.1, -0.05) is 0 Å². The summed E-state index contributed by atoms with van der Waals surface area (Å²) in [6.07, 6.45) is -3.89. The van der Waals surface area contributed by atoms with Crippen molar-refractivity contribution in [3.05, 3.63) is 65.4 Å². The molecule has 4 rings (SSSR count). The van der Waals surface area contributed by atoms with Crippen molar-refractivity contribution in [3.63, 3.8) is 0 Å². The molecule has 36 heavy (non-hydrogen) atoms. The number of carbonyl (C=O) groups excluding carboxylic acids is 2. The second kappa shape index (κ2) is 8.59. The van der Waals surface area contributed by atoms with Crippen LogP contribution in [0, 0.1) is 5.82 Å². The highest BCUT2D eigenvalue weighted by Gasteiger charge is 2.57. The lowest BCUT2D eigenvalue weighted by Gasteiger charge is -2.31. The first kappa shape index (κ1) is 25.1. The number of nitrogens with zero attached hydrogens (tertiary/aromatic N) is 3. The zero-order valence-corrected chi connectivity index (χ0v) is 19.1. The summed E-state index contributed by atoms with van der Waals surface area (Å²) in [6.45, 7) is -0.207. The van der Waals surface area contributed by atoms with Gasteiger partial charge in [-0.25, -0.2) is 9.37 Å². The van der Waals surface area contributed by atoms with Crippen LogP contribution in [0.25, 0.3) is 11.3 Å². The number of rotatable bonds is 6. The molecule has 3 aromatic rings. The molecule has 1 unspecified atom stereocenters. The van der Waals surface area contributed by atoms with Crippen LogP contribution in [0.5, 0.6) is 5.75 Å². The number of aromatic nitrogens is 3. The van der Waals surface area contributed by atoms with E-state index in [1.165, 1.54) is 43.0 Å². The average Bonchev–Trinajstić information content (AvgIpc) is 3.41. The van der Waals surface area contributed by atoms with Gasteiger partial charge in [0, 0.05) is 24.4 Å². The second-order valence-electron chi connectivity index (χ2n) is 8.64. The molecule has 0 fully saturated rings. The summed E-state index contributed by atoms with van der Waals surface area (Å²) in [6, 6.07) is 6.85. The van der Waals surface area contributed by atoms with E-state index in [0.717, 1.165) is 18.2 Å². The van der Waals surface area contributed by atoms with Crippen LogP contribution < -0.4 is 15.8 Å². The monoisotopic (exact) mass is 507 g/mol. The third-order valence-electron chi connectivity index (χ3n) is 6.08. The maximum absolute atomic E-state index is 14.3. The molecule has 4 N–H and O–H groups in total. The molecule has 3 heterocycles. The number of nitrogens with one attached hydrogen (secondary N) is 1. The molecular weight excluding hydrogens is 486 g/mol. The number of hydrogen-bond donors (Lipinski definition) is 3. The Balaban J connectivity index is 1.86. The van der Waals surface area contributed by atoms with Gasteiger partial charge in [-0.3, -0.25) is 14.3 Å². The van der Waals surface area contributed by atoms with Gasteiger partial charge >= 0.3 is 6.18 Å². The van der Waals surface area contributed by atoms with Gasteiger partial charge in [-0.15, -0.1) is 0 Å². The fourth-order valence-electron chi connectivity index (χ4n) is 3.77. The van der Waals surface area contributed by atoms with Crippen LogP contribution in [0.15, 0.2) is 42.6 Å². The molecule has 0 radical (unpaired) electrons. The number of amides is 2. The van der Waals surface area contributed by atoms with Crippen molar-refractivity contribution < 1.29 is 37.0 Å². The number of pyridine rings is 1. The third kappa shape index (κ3) is 4.15. The molecule has 0 aliphatic carbocycles. The van der Waals surface area contributed by atoms with Crippen LogP contribution in [0.1, 0.15) is 28.7 Å². The zero-order valence-electron chi connectivity index (χ0n) is 19.1. The van der Waals surface area contributed by atoms with Crippen LogP contribution in [-0.4, -0.2) is 51.0 Å². The van der Waals surface area contributed by atoms with E-state index >= 15 is 0 Å². The number of aliphatic hydroxyl groups is 1. The number of nitrogens with two attached hydrogens (primary N) is 1. The molecule has 0 bridgehead atoms. The van der Waals surface area contributed by atoms with Crippen LogP contribution in [0.4, 0.5) is 17.6 Å². The van der Waals surface area contributed by atoms with Crippen LogP contribution in [0.3, 0.4) is 0 Å². The van der Waals surface area contributed by atoms with Gasteiger partial charge in [0.25, 0.3) is 5.91 Å². The number of primary amides is 1. The number of alkyl halides is 3. The van der Waals surface area contributed by atoms with Crippen molar-refractivity contribution in [1.82, 2.24) is 20.1 Å². The van der Waals surface area contributed by atoms with E-state index in [1.807, 2.05) is 5.32 Å². The fraction of sp³-hybridized carbons (Fsp3) is 0.304. The Kier molecular flexibility index (Phi) is 5.99. The quantitative estimate of drug-likeness (QED) is 0.437. The van der Waals surface area contributed by atoms with E-state index in [9.17, 15) is 32.3 Å². The molecule has 9 nitrogen and oxygen atoms in total. The Morgan fingerprint density at radius 3 is 2.47 bits per heavy atom. The molecule has 190 valence electrons. The maximum atomic E-state index is 14.3. The van der Waals surface area contributed by atoms with Gasteiger partial charge in [0.1, 0.15) is 35.0 Å². The van der Waals surface area contributed by atoms with E-state index in [1.54, 1.807) is 0 Å². The van der Waals surface area contributed by atoms with Crippen LogP contribution in [0.2, 0.25) is 0 Å². The van der Waals surface area contributed by atoms with Crippen molar-refractivity contribution in [2.24, 2.45) is 12.8 Å². The van der Waals surface area contributed by atoms with E-state index in [4.69, 9.17) is 10.5 Å². The molecule has 13 heteroatoms. The first-order chi connectivity index (χ1) is 16.8. The Hall–Kier alpha value is -4.00. The zero-order chi connectivity index (χ0) is 26.5. The summed E-state index contributed by atoms with van der Waals surface area (Å²) < 4.78 is 63.3.